The highest BCUT2D eigenvalue weighted by Crippen LogP contribution is 2.18. The van der Waals surface area contributed by atoms with Crippen molar-refractivity contribution in [1.82, 2.24) is 9.62 Å². The monoisotopic (exact) mass is 334 g/mol. The summed E-state index contributed by atoms with van der Waals surface area (Å²) < 4.78 is 31.6. The Morgan fingerprint density at radius 1 is 1.36 bits per heavy atom. The number of nitrogens with zero attached hydrogens (tertiary/aromatic N) is 1. The van der Waals surface area contributed by atoms with Crippen LogP contribution in [0.3, 0.4) is 0 Å². The van der Waals surface area contributed by atoms with Crippen LogP contribution in [-0.2, 0) is 24.3 Å². The predicted octanol–water partition coefficient (Wildman–Crippen LogP) is -0.734. The number of likely N-dealkylation sites (tertiary alicyclic amines) is 1. The second kappa shape index (κ2) is 7.38. The first kappa shape index (κ1) is 17.2. The maximum Gasteiger partial charge on any atom is 0.308 e. The van der Waals surface area contributed by atoms with E-state index in [1.165, 1.54) is 4.90 Å². The van der Waals surface area contributed by atoms with E-state index in [2.05, 4.69) is 4.72 Å². The molecule has 2 aliphatic heterocycles. The van der Waals surface area contributed by atoms with Gasteiger partial charge in [-0.15, -0.1) is 0 Å². The lowest BCUT2D eigenvalue weighted by atomic mass is 10.0. The molecule has 2 N–H and O–H groups in total. The molecule has 0 spiro atoms. The van der Waals surface area contributed by atoms with Crippen LogP contribution in [0, 0.1) is 11.8 Å². The van der Waals surface area contributed by atoms with Gasteiger partial charge in [0, 0.05) is 39.3 Å². The van der Waals surface area contributed by atoms with Gasteiger partial charge in [0.1, 0.15) is 0 Å². The number of carbonyl (C=O) groups is 2. The summed E-state index contributed by atoms with van der Waals surface area (Å²) >= 11 is 0. The van der Waals surface area contributed by atoms with Gasteiger partial charge in [0.05, 0.1) is 11.7 Å². The van der Waals surface area contributed by atoms with Crippen LogP contribution >= 0.6 is 0 Å². The fourth-order valence-corrected chi connectivity index (χ4v) is 4.25. The average molecular weight is 334 g/mol. The lowest BCUT2D eigenvalue weighted by Crippen LogP contribution is -2.38. The van der Waals surface area contributed by atoms with E-state index in [0.29, 0.717) is 13.2 Å². The van der Waals surface area contributed by atoms with E-state index in [4.69, 9.17) is 9.84 Å². The minimum Gasteiger partial charge on any atom is -0.481 e. The number of carbonyl (C=O) groups excluding carboxylic acids is 1. The number of nitrogens with one attached hydrogen (secondary N) is 1. The number of rotatable bonds is 7. The molecule has 2 fully saturated rings. The molecule has 0 aromatic heterocycles. The van der Waals surface area contributed by atoms with Crippen molar-refractivity contribution in [3.63, 3.8) is 0 Å². The molecule has 0 saturated carbocycles. The number of aliphatic carboxylic acids is 1. The third-order valence-corrected chi connectivity index (χ3v) is 5.62. The van der Waals surface area contributed by atoms with Gasteiger partial charge in [0.2, 0.25) is 15.9 Å². The molecule has 0 radical (unpaired) electrons. The summed E-state index contributed by atoms with van der Waals surface area (Å²) in [5.74, 6) is -1.74. The largest absolute Gasteiger partial charge is 0.481 e. The predicted molar refractivity (Wildman–Crippen MR) is 77.7 cm³/mol. The Morgan fingerprint density at radius 2 is 2.05 bits per heavy atom. The molecule has 1 amide bonds. The van der Waals surface area contributed by atoms with E-state index in [-0.39, 0.29) is 43.6 Å². The van der Waals surface area contributed by atoms with E-state index < -0.39 is 21.9 Å². The lowest BCUT2D eigenvalue weighted by Gasteiger charge is -2.22. The third-order valence-electron chi connectivity index (χ3n) is 4.06. The number of ether oxygens (including phenoxy) is 1. The molecule has 126 valence electrons. The van der Waals surface area contributed by atoms with Gasteiger partial charge in [-0.1, -0.05) is 0 Å². The molecule has 2 saturated heterocycles. The van der Waals surface area contributed by atoms with Crippen LogP contribution in [0.4, 0.5) is 0 Å². The van der Waals surface area contributed by atoms with Crippen molar-refractivity contribution >= 4 is 21.9 Å². The van der Waals surface area contributed by atoms with Gasteiger partial charge in [-0.3, -0.25) is 9.59 Å². The molecule has 1 unspecified atom stereocenters. The van der Waals surface area contributed by atoms with Crippen LogP contribution in [0.25, 0.3) is 0 Å². The minimum atomic E-state index is -3.38. The number of amides is 1. The summed E-state index contributed by atoms with van der Waals surface area (Å²) in [6.45, 7) is 1.66. The van der Waals surface area contributed by atoms with Crippen molar-refractivity contribution in [2.45, 2.75) is 19.3 Å². The van der Waals surface area contributed by atoms with Gasteiger partial charge in [0.15, 0.2) is 0 Å². The first-order valence-electron chi connectivity index (χ1n) is 7.43. The van der Waals surface area contributed by atoms with Crippen LogP contribution in [-0.4, -0.2) is 68.9 Å². The topological polar surface area (TPSA) is 113 Å². The quantitative estimate of drug-likeness (QED) is 0.634. The Hall–Kier alpha value is -1.19. The molecule has 2 aliphatic rings. The average Bonchev–Trinajstić information content (AvgIpc) is 2.81. The molecule has 8 nitrogen and oxygen atoms in total. The zero-order valence-corrected chi connectivity index (χ0v) is 13.2. The van der Waals surface area contributed by atoms with Crippen molar-refractivity contribution in [2.75, 3.05) is 38.6 Å². The van der Waals surface area contributed by atoms with Crippen molar-refractivity contribution in [1.29, 1.82) is 0 Å². The van der Waals surface area contributed by atoms with E-state index in [1.807, 2.05) is 0 Å². The molecular formula is C13H22N2O6S. The molecule has 1 atom stereocenters. The Kier molecular flexibility index (Phi) is 5.76. The van der Waals surface area contributed by atoms with Crippen molar-refractivity contribution in [3.05, 3.63) is 0 Å². The van der Waals surface area contributed by atoms with Crippen LogP contribution in [0.5, 0.6) is 0 Å². The van der Waals surface area contributed by atoms with E-state index in [9.17, 15) is 18.0 Å². The SMILES string of the molecule is O=C(O)C1CC(=O)N(CCNS(=O)(=O)CC2CCOCC2)C1. The minimum absolute atomic E-state index is 0.00976. The van der Waals surface area contributed by atoms with Crippen LogP contribution in [0.15, 0.2) is 0 Å². The van der Waals surface area contributed by atoms with Gasteiger partial charge < -0.3 is 14.7 Å². The standard InChI is InChI=1S/C13H22N2O6S/c16-12-7-11(13(17)18)8-15(12)4-3-14-22(19,20)9-10-1-5-21-6-2-10/h10-11,14H,1-9H2,(H,17,18). The molecule has 2 rings (SSSR count). The molecule has 0 bridgehead atoms. The number of hydrogen-bond acceptors (Lipinski definition) is 5. The smallest absolute Gasteiger partial charge is 0.308 e. The Morgan fingerprint density at radius 3 is 2.64 bits per heavy atom. The summed E-state index contributed by atoms with van der Waals surface area (Å²) in [7, 11) is -3.38. The van der Waals surface area contributed by atoms with E-state index in [1.54, 1.807) is 0 Å². The van der Waals surface area contributed by atoms with Gasteiger partial charge in [-0.25, -0.2) is 13.1 Å². The van der Waals surface area contributed by atoms with Crippen LogP contribution < -0.4 is 4.72 Å². The van der Waals surface area contributed by atoms with E-state index >= 15 is 0 Å². The number of sulfonamides is 1. The fraction of sp³-hybridized carbons (Fsp3) is 0.846. The molecule has 0 aromatic rings. The zero-order valence-electron chi connectivity index (χ0n) is 12.4. The molecular weight excluding hydrogens is 312 g/mol. The Bertz CT molecular complexity index is 515. The normalized spacial score (nSPS) is 23.9. The van der Waals surface area contributed by atoms with Crippen molar-refractivity contribution in [2.24, 2.45) is 11.8 Å². The third kappa shape index (κ3) is 4.92. The van der Waals surface area contributed by atoms with Crippen molar-refractivity contribution < 1.29 is 27.9 Å². The fourth-order valence-electron chi connectivity index (χ4n) is 2.77. The Balaban J connectivity index is 1.73. The number of carboxylic acid groups (broad SMARTS) is 1. The maximum absolute atomic E-state index is 12.0. The zero-order chi connectivity index (χ0) is 16.2. The highest BCUT2D eigenvalue weighted by Gasteiger charge is 2.34. The van der Waals surface area contributed by atoms with Crippen molar-refractivity contribution in [3.8, 4) is 0 Å². The second-order valence-corrected chi connectivity index (χ2v) is 7.66. The van der Waals surface area contributed by atoms with Gasteiger partial charge >= 0.3 is 5.97 Å². The summed E-state index contributed by atoms with van der Waals surface area (Å²) in [5, 5.41) is 8.89. The van der Waals surface area contributed by atoms with Crippen LogP contribution in [0.2, 0.25) is 0 Å². The molecule has 0 aromatic carbocycles. The first-order chi connectivity index (χ1) is 10.4. The van der Waals surface area contributed by atoms with Gasteiger partial charge in [-0.2, -0.15) is 0 Å². The summed E-state index contributed by atoms with van der Waals surface area (Å²) in [5.41, 5.74) is 0. The highest BCUT2D eigenvalue weighted by atomic mass is 32.2. The number of carboxylic acids is 1. The van der Waals surface area contributed by atoms with Gasteiger partial charge in [0.25, 0.3) is 0 Å². The molecule has 0 aliphatic carbocycles. The summed E-state index contributed by atoms with van der Waals surface area (Å²) in [6.07, 6.45) is 1.47. The number of hydrogen-bond donors (Lipinski definition) is 2. The Labute approximate surface area is 129 Å². The summed E-state index contributed by atoms with van der Waals surface area (Å²) in [4.78, 5) is 23.9. The summed E-state index contributed by atoms with van der Waals surface area (Å²) in [6, 6.07) is 0. The molecule has 22 heavy (non-hydrogen) atoms. The highest BCUT2D eigenvalue weighted by molar-refractivity contribution is 7.89. The van der Waals surface area contributed by atoms with E-state index in [0.717, 1.165) is 12.8 Å². The second-order valence-electron chi connectivity index (χ2n) is 5.81. The lowest BCUT2D eigenvalue weighted by molar-refractivity contribution is -0.141. The first-order valence-corrected chi connectivity index (χ1v) is 9.08. The molecule has 2 heterocycles. The van der Waals surface area contributed by atoms with Gasteiger partial charge in [-0.05, 0) is 18.8 Å². The van der Waals surface area contributed by atoms with Crippen LogP contribution in [0.1, 0.15) is 19.3 Å². The maximum atomic E-state index is 12.0. The molecule has 9 heteroatoms.